The monoisotopic (exact) mass is 501 g/mol. The van der Waals surface area contributed by atoms with Gasteiger partial charge in [-0.15, -0.1) is 0 Å². The van der Waals surface area contributed by atoms with Crippen LogP contribution in [0.25, 0.3) is 0 Å². The fourth-order valence-corrected chi connectivity index (χ4v) is 4.01. The third-order valence-electron chi connectivity index (χ3n) is 5.67. The largest absolute Gasteiger partial charge is 0.469 e. The van der Waals surface area contributed by atoms with Crippen LogP contribution < -0.4 is 22.3 Å². The maximum absolute atomic E-state index is 13.4. The molecular weight excluding hydrogens is 470 g/mol. The molecule has 0 amide bonds. The molecule has 1 aromatic heterocycles. The van der Waals surface area contributed by atoms with E-state index in [0.29, 0.717) is 23.2 Å². The zero-order chi connectivity index (χ0) is 25.7. The second-order valence-corrected chi connectivity index (χ2v) is 9.58. The number of nitrogens with one attached hydrogen (secondary N) is 2. The number of rotatable bonds is 8. The van der Waals surface area contributed by atoms with E-state index in [1.165, 1.54) is 11.7 Å². The third-order valence-corrected chi connectivity index (χ3v) is 6.02. The first-order valence-electron chi connectivity index (χ1n) is 11.5. The molecule has 1 aliphatic heterocycles. The maximum atomic E-state index is 13.4. The molecule has 0 radical (unpaired) electrons. The zero-order valence-corrected chi connectivity index (χ0v) is 21.5. The van der Waals surface area contributed by atoms with Gasteiger partial charge in [-0.25, -0.2) is 19.1 Å². The van der Waals surface area contributed by atoms with Crippen LogP contribution >= 0.6 is 11.6 Å². The molecule has 0 unspecified atom stereocenters. The second kappa shape index (κ2) is 11.4. The van der Waals surface area contributed by atoms with E-state index in [0.717, 1.165) is 27.8 Å². The summed E-state index contributed by atoms with van der Waals surface area (Å²) in [5.74, 6) is -0.736. The number of aromatic amines is 1. The van der Waals surface area contributed by atoms with Crippen molar-refractivity contribution in [2.45, 2.75) is 47.2 Å². The molecule has 0 spiro atoms. The number of allylic oxidation sites excluding steroid dienone is 3. The van der Waals surface area contributed by atoms with Gasteiger partial charge in [0.1, 0.15) is 0 Å². The van der Waals surface area contributed by atoms with Gasteiger partial charge in [-0.05, 0) is 48.6 Å². The molecule has 2 N–H and O–H groups in total. The molecule has 10 heteroatoms. The summed E-state index contributed by atoms with van der Waals surface area (Å²) in [6.07, 6.45) is 4.69. The number of dihydropyridines is 1. The number of benzene rings is 1. The molecule has 0 fully saturated rings. The predicted molar refractivity (Wildman–Crippen MR) is 136 cm³/mol. The van der Waals surface area contributed by atoms with E-state index >= 15 is 0 Å². The SMILES string of the molecule is COC(=O)[C@@H](C)Cn1c(=O)[nH]/c(=N\c2ccc(CC(C)C)c(Cl)c2)n(CC2=CC=C(C)NC2)c1=O. The van der Waals surface area contributed by atoms with E-state index in [-0.39, 0.29) is 18.7 Å². The van der Waals surface area contributed by atoms with Crippen molar-refractivity contribution in [3.05, 3.63) is 78.8 Å². The van der Waals surface area contributed by atoms with E-state index in [1.54, 1.807) is 13.0 Å². The number of halogens is 1. The topological polar surface area (TPSA) is 110 Å². The zero-order valence-electron chi connectivity index (χ0n) is 20.7. The Kier molecular flexibility index (Phi) is 8.56. The summed E-state index contributed by atoms with van der Waals surface area (Å²) in [6.45, 7) is 8.43. The molecular formula is C25H32ClN5O4. The van der Waals surface area contributed by atoms with Crippen molar-refractivity contribution < 1.29 is 9.53 Å². The number of methoxy groups -OCH3 is 1. The average Bonchev–Trinajstić information content (AvgIpc) is 2.81. The molecule has 2 aromatic rings. The van der Waals surface area contributed by atoms with Gasteiger partial charge in [0.25, 0.3) is 0 Å². The Morgan fingerprint density at radius 1 is 1.20 bits per heavy atom. The highest BCUT2D eigenvalue weighted by atomic mass is 35.5. The summed E-state index contributed by atoms with van der Waals surface area (Å²) >= 11 is 6.47. The van der Waals surface area contributed by atoms with E-state index in [4.69, 9.17) is 16.3 Å². The number of hydrogen-bond acceptors (Lipinski definition) is 6. The van der Waals surface area contributed by atoms with E-state index in [9.17, 15) is 14.4 Å². The standard InChI is InChI=1S/C25H32ClN5O4/c1-15(2)10-19-8-9-20(11-21(19)26)28-23-29-24(33)31(13-16(3)22(32)35-5)25(34)30(23)14-18-7-6-17(4)27-12-18/h6-9,11,15-16,27H,10,12-14H2,1-5H3,(H,28,29,33)/t16-/m0/s1. The van der Waals surface area contributed by atoms with Crippen molar-refractivity contribution in [3.63, 3.8) is 0 Å². The highest BCUT2D eigenvalue weighted by Crippen LogP contribution is 2.24. The van der Waals surface area contributed by atoms with Crippen molar-refractivity contribution in [3.8, 4) is 0 Å². The minimum absolute atomic E-state index is 0.0989. The highest BCUT2D eigenvalue weighted by Gasteiger charge is 2.19. The number of esters is 1. The van der Waals surface area contributed by atoms with E-state index in [2.05, 4.69) is 29.1 Å². The van der Waals surface area contributed by atoms with Crippen LogP contribution in [0, 0.1) is 11.8 Å². The minimum Gasteiger partial charge on any atom is -0.469 e. The van der Waals surface area contributed by atoms with Crippen LogP contribution in [-0.2, 0) is 29.0 Å². The van der Waals surface area contributed by atoms with Crippen LogP contribution in [0.5, 0.6) is 0 Å². The number of H-pyrrole nitrogens is 1. The number of aromatic nitrogens is 3. The molecule has 188 valence electrons. The summed E-state index contributed by atoms with van der Waals surface area (Å²) < 4.78 is 7.13. The summed E-state index contributed by atoms with van der Waals surface area (Å²) in [7, 11) is 1.27. The smallest absolute Gasteiger partial charge is 0.335 e. The van der Waals surface area contributed by atoms with Gasteiger partial charge in [0.05, 0.1) is 25.3 Å². The van der Waals surface area contributed by atoms with Gasteiger partial charge >= 0.3 is 17.3 Å². The Labute approximate surface area is 208 Å². The van der Waals surface area contributed by atoms with Crippen LogP contribution in [0.2, 0.25) is 5.02 Å². The molecule has 3 rings (SSSR count). The Hall–Kier alpha value is -3.33. The second-order valence-electron chi connectivity index (χ2n) is 9.17. The number of nitrogens with zero attached hydrogens (tertiary/aromatic N) is 3. The fourth-order valence-electron chi connectivity index (χ4n) is 3.75. The molecule has 9 nitrogen and oxygen atoms in total. The molecule has 1 aromatic carbocycles. The Morgan fingerprint density at radius 2 is 1.94 bits per heavy atom. The van der Waals surface area contributed by atoms with Crippen molar-refractivity contribution in [1.82, 2.24) is 19.4 Å². The van der Waals surface area contributed by atoms with Gasteiger partial charge in [-0.1, -0.05) is 44.5 Å². The van der Waals surface area contributed by atoms with Crippen LogP contribution in [-0.4, -0.2) is 33.7 Å². The molecule has 0 bridgehead atoms. The van der Waals surface area contributed by atoms with E-state index < -0.39 is 23.3 Å². The molecule has 1 aliphatic rings. The normalized spacial score (nSPS) is 14.9. The number of ether oxygens (including phenoxy) is 1. The molecule has 0 aliphatic carbocycles. The van der Waals surface area contributed by atoms with Crippen molar-refractivity contribution in [2.75, 3.05) is 13.7 Å². The van der Waals surface area contributed by atoms with Gasteiger partial charge in [-0.2, -0.15) is 0 Å². The van der Waals surface area contributed by atoms with Crippen LogP contribution in [0.15, 0.2) is 56.2 Å². The first-order valence-corrected chi connectivity index (χ1v) is 11.9. The van der Waals surface area contributed by atoms with E-state index in [1.807, 2.05) is 31.2 Å². The first-order chi connectivity index (χ1) is 16.6. The molecule has 0 saturated heterocycles. The summed E-state index contributed by atoms with van der Waals surface area (Å²) in [5, 5.41) is 3.82. The Bertz CT molecular complexity index is 1350. The van der Waals surface area contributed by atoms with Gasteiger partial charge in [0, 0.05) is 23.8 Å². The maximum Gasteiger partial charge on any atom is 0.335 e. The highest BCUT2D eigenvalue weighted by molar-refractivity contribution is 6.31. The lowest BCUT2D eigenvalue weighted by atomic mass is 10.0. The minimum atomic E-state index is -0.677. The lowest BCUT2D eigenvalue weighted by molar-refractivity contribution is -0.145. The first kappa shape index (κ1) is 26.3. The molecule has 35 heavy (non-hydrogen) atoms. The van der Waals surface area contributed by atoms with Crippen LogP contribution in [0.3, 0.4) is 0 Å². The summed E-state index contributed by atoms with van der Waals surface area (Å²) in [5.41, 5.74) is 2.34. The fraction of sp³-hybridized carbons (Fsp3) is 0.440. The lowest BCUT2D eigenvalue weighted by Gasteiger charge is -2.17. The molecule has 1 atom stereocenters. The van der Waals surface area contributed by atoms with Crippen molar-refractivity contribution in [1.29, 1.82) is 0 Å². The lowest BCUT2D eigenvalue weighted by Crippen LogP contribution is -2.51. The van der Waals surface area contributed by atoms with Crippen LogP contribution in [0.4, 0.5) is 5.69 Å². The number of hydrogen-bond donors (Lipinski definition) is 2. The van der Waals surface area contributed by atoms with Crippen molar-refractivity contribution >= 4 is 23.3 Å². The van der Waals surface area contributed by atoms with Gasteiger partial charge < -0.3 is 10.1 Å². The average molecular weight is 502 g/mol. The van der Waals surface area contributed by atoms with Crippen LogP contribution in [0.1, 0.15) is 33.3 Å². The molecule has 2 heterocycles. The third kappa shape index (κ3) is 6.63. The van der Waals surface area contributed by atoms with Gasteiger partial charge in [0.2, 0.25) is 5.62 Å². The predicted octanol–water partition coefficient (Wildman–Crippen LogP) is 2.66. The van der Waals surface area contributed by atoms with Gasteiger partial charge in [0.15, 0.2) is 0 Å². The summed E-state index contributed by atoms with van der Waals surface area (Å²) in [4.78, 5) is 45.4. The summed E-state index contributed by atoms with van der Waals surface area (Å²) in [6, 6.07) is 5.44. The Morgan fingerprint density at radius 3 is 2.54 bits per heavy atom. The van der Waals surface area contributed by atoms with Crippen molar-refractivity contribution in [2.24, 2.45) is 16.8 Å². The number of carbonyl (C=O) groups is 1. The quantitative estimate of drug-likeness (QED) is 0.540. The molecule has 0 saturated carbocycles. The number of carbonyl (C=O) groups excluding carboxylic acids is 1. The van der Waals surface area contributed by atoms with Gasteiger partial charge in [-0.3, -0.25) is 14.3 Å². The Balaban J connectivity index is 2.13.